The molecular weight excluding hydrogens is 421 g/mol. The van der Waals surface area contributed by atoms with Crippen LogP contribution in [-0.2, 0) is 24.2 Å². The average Bonchev–Trinajstić information content (AvgIpc) is 2.78. The molecule has 2 aromatic carbocycles. The van der Waals surface area contributed by atoms with E-state index in [1.165, 1.54) is 12.1 Å². The molecule has 1 fully saturated rings. The number of urea groups is 1. The maximum atomic E-state index is 13.1. The van der Waals surface area contributed by atoms with Gasteiger partial charge in [0.2, 0.25) is 0 Å². The van der Waals surface area contributed by atoms with Gasteiger partial charge in [0.1, 0.15) is 11.4 Å². The lowest BCUT2D eigenvalue weighted by Gasteiger charge is -2.32. The van der Waals surface area contributed by atoms with E-state index in [9.17, 15) is 14.0 Å². The molecule has 1 aliphatic rings. The summed E-state index contributed by atoms with van der Waals surface area (Å²) in [5.41, 5.74) is 2.57. The summed E-state index contributed by atoms with van der Waals surface area (Å²) in [4.78, 5) is 26.2. The zero-order valence-electron chi connectivity index (χ0n) is 19.7. The van der Waals surface area contributed by atoms with E-state index < -0.39 is 11.7 Å². The van der Waals surface area contributed by atoms with Crippen molar-refractivity contribution in [2.45, 2.75) is 58.7 Å². The molecule has 178 valence electrons. The van der Waals surface area contributed by atoms with Crippen molar-refractivity contribution >= 4 is 12.1 Å². The van der Waals surface area contributed by atoms with Gasteiger partial charge in [-0.15, -0.1) is 0 Å². The number of nitrogens with one attached hydrogen (secondary N) is 2. The number of rotatable bonds is 6. The summed E-state index contributed by atoms with van der Waals surface area (Å²) in [7, 11) is 0. The van der Waals surface area contributed by atoms with Crippen LogP contribution in [0, 0.1) is 11.7 Å². The lowest BCUT2D eigenvalue weighted by atomic mass is 9.90. The van der Waals surface area contributed by atoms with Crippen molar-refractivity contribution in [3.05, 3.63) is 71.0 Å². The minimum atomic E-state index is -0.524. The molecule has 2 N–H and O–H groups in total. The second-order valence-corrected chi connectivity index (χ2v) is 9.59. The molecule has 0 unspecified atom stereocenters. The van der Waals surface area contributed by atoms with Gasteiger partial charge in [0.05, 0.1) is 0 Å². The lowest BCUT2D eigenvalue weighted by molar-refractivity contribution is 0.0523. The Kier molecular flexibility index (Phi) is 8.31. The van der Waals surface area contributed by atoms with E-state index in [2.05, 4.69) is 10.6 Å². The number of halogens is 1. The standard InChI is InChI=1S/C26H34FN3O3/c1-26(2,3)33-25(32)29-18-22-6-4-21(5-7-22)17-28-24(31)30-14-12-20(13-15-30)16-19-8-10-23(27)11-9-19/h4-11,20H,12-18H2,1-3H3,(H,28,31)(H,29,32). The molecule has 0 saturated carbocycles. The van der Waals surface area contributed by atoms with Crippen LogP contribution in [0.15, 0.2) is 48.5 Å². The number of carbonyl (C=O) groups is 2. The quantitative estimate of drug-likeness (QED) is 0.643. The van der Waals surface area contributed by atoms with Gasteiger partial charge in [-0.05, 0) is 74.8 Å². The first kappa shape index (κ1) is 24.6. The van der Waals surface area contributed by atoms with Crippen molar-refractivity contribution in [3.8, 4) is 0 Å². The first-order chi connectivity index (χ1) is 15.7. The second-order valence-electron chi connectivity index (χ2n) is 9.59. The molecule has 0 aliphatic carbocycles. The van der Waals surface area contributed by atoms with Gasteiger partial charge in [-0.1, -0.05) is 36.4 Å². The third kappa shape index (κ3) is 8.40. The van der Waals surface area contributed by atoms with Crippen molar-refractivity contribution in [1.29, 1.82) is 0 Å². The van der Waals surface area contributed by atoms with E-state index in [0.29, 0.717) is 19.0 Å². The minimum absolute atomic E-state index is 0.0501. The van der Waals surface area contributed by atoms with Gasteiger partial charge in [-0.2, -0.15) is 0 Å². The molecule has 1 heterocycles. The molecule has 7 heteroatoms. The number of nitrogens with zero attached hydrogens (tertiary/aromatic N) is 1. The highest BCUT2D eigenvalue weighted by Gasteiger charge is 2.23. The number of hydrogen-bond acceptors (Lipinski definition) is 3. The third-order valence-corrected chi connectivity index (χ3v) is 5.64. The van der Waals surface area contributed by atoms with Crippen LogP contribution in [0.2, 0.25) is 0 Å². The van der Waals surface area contributed by atoms with E-state index >= 15 is 0 Å². The predicted octanol–water partition coefficient (Wildman–Crippen LogP) is 5.01. The number of amides is 3. The molecule has 1 aliphatic heterocycles. The molecule has 3 amide bonds. The van der Waals surface area contributed by atoms with E-state index in [0.717, 1.165) is 49.0 Å². The number of alkyl carbamates (subject to hydrolysis) is 1. The fourth-order valence-electron chi connectivity index (χ4n) is 3.85. The SMILES string of the molecule is CC(C)(C)OC(=O)NCc1ccc(CNC(=O)N2CCC(Cc3ccc(F)cc3)CC2)cc1. The van der Waals surface area contributed by atoms with Crippen molar-refractivity contribution in [3.63, 3.8) is 0 Å². The maximum absolute atomic E-state index is 13.1. The van der Waals surface area contributed by atoms with Crippen LogP contribution in [0.5, 0.6) is 0 Å². The smallest absolute Gasteiger partial charge is 0.407 e. The molecule has 3 rings (SSSR count). The van der Waals surface area contributed by atoms with Gasteiger partial charge in [0.25, 0.3) is 0 Å². The largest absolute Gasteiger partial charge is 0.444 e. The molecule has 0 spiro atoms. The molecule has 1 saturated heterocycles. The number of piperidine rings is 1. The lowest BCUT2D eigenvalue weighted by Crippen LogP contribution is -2.44. The number of ether oxygens (including phenoxy) is 1. The molecular formula is C26H34FN3O3. The molecule has 0 atom stereocenters. The molecule has 33 heavy (non-hydrogen) atoms. The highest BCUT2D eigenvalue weighted by molar-refractivity contribution is 5.74. The highest BCUT2D eigenvalue weighted by Crippen LogP contribution is 2.22. The Labute approximate surface area is 195 Å². The number of hydrogen-bond donors (Lipinski definition) is 2. The van der Waals surface area contributed by atoms with Crippen LogP contribution in [0.3, 0.4) is 0 Å². The van der Waals surface area contributed by atoms with Crippen molar-refractivity contribution in [2.75, 3.05) is 13.1 Å². The normalized spacial score (nSPS) is 14.6. The summed E-state index contributed by atoms with van der Waals surface area (Å²) in [6.07, 6.45) is 2.37. The van der Waals surface area contributed by atoms with Crippen molar-refractivity contribution in [2.24, 2.45) is 5.92 Å². The summed E-state index contributed by atoms with van der Waals surface area (Å²) >= 11 is 0. The van der Waals surface area contributed by atoms with Crippen molar-refractivity contribution < 1.29 is 18.7 Å². The van der Waals surface area contributed by atoms with Crippen LogP contribution < -0.4 is 10.6 Å². The first-order valence-corrected chi connectivity index (χ1v) is 11.5. The summed E-state index contributed by atoms with van der Waals surface area (Å²) in [5.74, 6) is 0.304. The Morgan fingerprint density at radius 2 is 1.42 bits per heavy atom. The second kappa shape index (κ2) is 11.2. The van der Waals surface area contributed by atoms with Crippen LogP contribution in [0.4, 0.5) is 14.0 Å². The Balaban J connectivity index is 1.36. The van der Waals surface area contributed by atoms with Crippen LogP contribution >= 0.6 is 0 Å². The van der Waals surface area contributed by atoms with Crippen molar-refractivity contribution in [1.82, 2.24) is 15.5 Å². The molecule has 0 aromatic heterocycles. The number of likely N-dealkylation sites (tertiary alicyclic amines) is 1. The fourth-order valence-corrected chi connectivity index (χ4v) is 3.85. The van der Waals surface area contributed by atoms with Gasteiger partial charge in [0.15, 0.2) is 0 Å². The van der Waals surface area contributed by atoms with E-state index in [1.807, 2.05) is 62.1 Å². The topological polar surface area (TPSA) is 70.7 Å². The Morgan fingerprint density at radius 3 is 1.97 bits per heavy atom. The van der Waals surface area contributed by atoms with Crippen LogP contribution in [0.1, 0.15) is 50.3 Å². The van der Waals surface area contributed by atoms with Gasteiger partial charge >= 0.3 is 12.1 Å². The molecule has 0 bridgehead atoms. The predicted molar refractivity (Wildman–Crippen MR) is 126 cm³/mol. The summed E-state index contributed by atoms with van der Waals surface area (Å²) in [6, 6.07) is 14.4. The average molecular weight is 456 g/mol. The van der Waals surface area contributed by atoms with Gasteiger partial charge in [0, 0.05) is 26.2 Å². The van der Waals surface area contributed by atoms with Crippen LogP contribution in [0.25, 0.3) is 0 Å². The first-order valence-electron chi connectivity index (χ1n) is 11.5. The van der Waals surface area contributed by atoms with E-state index in [1.54, 1.807) is 0 Å². The molecule has 2 aromatic rings. The van der Waals surface area contributed by atoms with Gasteiger partial charge in [-0.25, -0.2) is 14.0 Å². The Morgan fingerprint density at radius 1 is 0.909 bits per heavy atom. The summed E-state index contributed by atoms with van der Waals surface area (Å²) < 4.78 is 18.3. The van der Waals surface area contributed by atoms with E-state index in [-0.39, 0.29) is 11.8 Å². The molecule has 6 nitrogen and oxygen atoms in total. The maximum Gasteiger partial charge on any atom is 0.407 e. The Hall–Kier alpha value is -3.09. The Bertz CT molecular complexity index is 915. The van der Waals surface area contributed by atoms with Gasteiger partial charge < -0.3 is 20.3 Å². The monoisotopic (exact) mass is 455 g/mol. The minimum Gasteiger partial charge on any atom is -0.444 e. The van der Waals surface area contributed by atoms with Gasteiger partial charge in [-0.3, -0.25) is 0 Å². The molecule has 0 radical (unpaired) electrons. The summed E-state index contributed by atoms with van der Waals surface area (Å²) in [5, 5.41) is 5.73. The third-order valence-electron chi connectivity index (χ3n) is 5.64. The number of benzene rings is 2. The number of carbonyl (C=O) groups excluding carboxylic acids is 2. The van der Waals surface area contributed by atoms with Crippen LogP contribution in [-0.4, -0.2) is 35.7 Å². The summed E-state index contributed by atoms with van der Waals surface area (Å²) in [6.45, 7) is 7.77. The zero-order valence-corrected chi connectivity index (χ0v) is 19.7. The highest BCUT2D eigenvalue weighted by atomic mass is 19.1. The zero-order chi connectivity index (χ0) is 23.8. The fraction of sp³-hybridized carbons (Fsp3) is 0.462. The van der Waals surface area contributed by atoms with E-state index in [4.69, 9.17) is 4.74 Å².